The van der Waals surface area contributed by atoms with Gasteiger partial charge in [0, 0.05) is 21.3 Å². The monoisotopic (exact) mass is 289 g/mol. The van der Waals surface area contributed by atoms with Gasteiger partial charge in [-0.2, -0.15) is 11.8 Å². The lowest BCUT2D eigenvalue weighted by Gasteiger charge is -2.30. The Hall–Kier alpha value is 0.110. The lowest BCUT2D eigenvalue weighted by atomic mass is 9.99. The number of rotatable bonds is 3. The Balaban J connectivity index is 2.24. The molecular weight excluding hydrogens is 273 g/mol. The van der Waals surface area contributed by atoms with E-state index in [-0.39, 0.29) is 0 Å². The second-order valence-electron chi connectivity index (χ2n) is 4.34. The van der Waals surface area contributed by atoms with Crippen LogP contribution in [0.5, 0.6) is 0 Å². The molecule has 1 nitrogen and oxygen atoms in total. The maximum Gasteiger partial charge on any atom is 0.0455 e. The van der Waals surface area contributed by atoms with E-state index in [0.29, 0.717) is 11.3 Å². The van der Waals surface area contributed by atoms with Gasteiger partial charge < -0.3 is 5.32 Å². The molecule has 1 aliphatic heterocycles. The van der Waals surface area contributed by atoms with Gasteiger partial charge in [-0.05, 0) is 49.4 Å². The van der Waals surface area contributed by atoms with Gasteiger partial charge in [-0.15, -0.1) is 0 Å². The van der Waals surface area contributed by atoms with Gasteiger partial charge in [-0.25, -0.2) is 0 Å². The highest BCUT2D eigenvalue weighted by atomic mass is 35.5. The molecule has 2 atom stereocenters. The second-order valence-corrected chi connectivity index (χ2v) is 6.53. The Bertz CT molecular complexity index is 378. The van der Waals surface area contributed by atoms with Crippen LogP contribution in [0.25, 0.3) is 0 Å². The van der Waals surface area contributed by atoms with Gasteiger partial charge in [-0.3, -0.25) is 0 Å². The lowest BCUT2D eigenvalue weighted by Crippen LogP contribution is -2.29. The smallest absolute Gasteiger partial charge is 0.0455 e. The third-order valence-electron chi connectivity index (χ3n) is 3.19. The van der Waals surface area contributed by atoms with Gasteiger partial charge in [0.15, 0.2) is 0 Å². The maximum atomic E-state index is 6.28. The Morgan fingerprint density at radius 2 is 2.18 bits per heavy atom. The van der Waals surface area contributed by atoms with E-state index in [2.05, 4.69) is 5.32 Å². The van der Waals surface area contributed by atoms with Crippen LogP contribution >= 0.6 is 35.0 Å². The molecule has 2 unspecified atom stereocenters. The number of halogens is 2. The molecule has 1 aliphatic rings. The van der Waals surface area contributed by atoms with Crippen LogP contribution in [0, 0.1) is 0 Å². The van der Waals surface area contributed by atoms with Crippen LogP contribution in [0.3, 0.4) is 0 Å². The number of hydrogen-bond acceptors (Lipinski definition) is 2. The van der Waals surface area contributed by atoms with Crippen molar-refractivity contribution in [1.29, 1.82) is 0 Å². The molecule has 0 aromatic heterocycles. The summed E-state index contributed by atoms with van der Waals surface area (Å²) in [5, 5.41) is 5.55. The number of hydrogen-bond donors (Lipinski definition) is 1. The van der Waals surface area contributed by atoms with Crippen LogP contribution in [0.15, 0.2) is 18.2 Å². The van der Waals surface area contributed by atoms with Gasteiger partial charge in [0.2, 0.25) is 0 Å². The summed E-state index contributed by atoms with van der Waals surface area (Å²) < 4.78 is 0. The molecule has 0 spiro atoms. The van der Waals surface area contributed by atoms with E-state index in [1.54, 1.807) is 0 Å². The fourth-order valence-corrected chi connectivity index (χ4v) is 4.22. The average Bonchev–Trinajstić information content (AvgIpc) is 2.36. The highest BCUT2D eigenvalue weighted by Gasteiger charge is 2.26. The predicted molar refractivity (Wildman–Crippen MR) is 78.4 cm³/mol. The first-order chi connectivity index (χ1) is 8.22. The molecule has 17 heavy (non-hydrogen) atoms. The van der Waals surface area contributed by atoms with E-state index in [4.69, 9.17) is 23.2 Å². The van der Waals surface area contributed by atoms with E-state index < -0.39 is 0 Å². The minimum Gasteiger partial charge on any atom is -0.312 e. The van der Waals surface area contributed by atoms with Gasteiger partial charge in [-0.1, -0.05) is 29.6 Å². The molecule has 0 radical (unpaired) electrons. The van der Waals surface area contributed by atoms with E-state index in [9.17, 15) is 0 Å². The van der Waals surface area contributed by atoms with Crippen LogP contribution in [0.1, 0.15) is 30.9 Å². The first-order valence-electron chi connectivity index (χ1n) is 5.96. The number of benzene rings is 1. The van der Waals surface area contributed by atoms with Crippen molar-refractivity contribution >= 4 is 35.0 Å². The molecule has 4 heteroatoms. The largest absolute Gasteiger partial charge is 0.312 e. The molecule has 0 bridgehead atoms. The van der Waals surface area contributed by atoms with Crippen molar-refractivity contribution in [3.63, 3.8) is 0 Å². The molecule has 1 aromatic carbocycles. The van der Waals surface area contributed by atoms with Crippen molar-refractivity contribution in [1.82, 2.24) is 5.32 Å². The van der Waals surface area contributed by atoms with Crippen LogP contribution in [-0.4, -0.2) is 18.1 Å². The van der Waals surface area contributed by atoms with Crippen molar-refractivity contribution in [2.45, 2.75) is 30.6 Å². The van der Waals surface area contributed by atoms with E-state index >= 15 is 0 Å². The topological polar surface area (TPSA) is 12.0 Å². The fraction of sp³-hybridized carbons (Fsp3) is 0.538. The molecular formula is C13H17Cl2NS. The summed E-state index contributed by atoms with van der Waals surface area (Å²) in [4.78, 5) is 0. The molecule has 1 fully saturated rings. The first kappa shape index (κ1) is 13.5. The summed E-state index contributed by atoms with van der Waals surface area (Å²) in [6.45, 7) is 0. The Kier molecular flexibility index (Phi) is 5.04. The summed E-state index contributed by atoms with van der Waals surface area (Å²) in [5.41, 5.74) is 1.13. The Labute approximate surface area is 117 Å². The Morgan fingerprint density at radius 1 is 1.35 bits per heavy atom. The number of nitrogens with one attached hydrogen (secondary N) is 1. The predicted octanol–water partition coefficient (Wildman–Crippen LogP) is 4.54. The molecule has 1 saturated heterocycles. The van der Waals surface area contributed by atoms with Gasteiger partial charge in [0.05, 0.1) is 0 Å². The molecule has 2 rings (SSSR count). The summed E-state index contributed by atoms with van der Waals surface area (Å²) in [5.74, 6) is 1.25. The summed E-state index contributed by atoms with van der Waals surface area (Å²) >= 11 is 14.4. The van der Waals surface area contributed by atoms with Crippen LogP contribution in [0.4, 0.5) is 0 Å². The Morgan fingerprint density at radius 3 is 2.82 bits per heavy atom. The van der Waals surface area contributed by atoms with Crippen LogP contribution < -0.4 is 5.32 Å². The third-order valence-corrected chi connectivity index (χ3v) is 5.23. The maximum absolute atomic E-state index is 6.28. The van der Waals surface area contributed by atoms with Crippen molar-refractivity contribution in [3.05, 3.63) is 33.8 Å². The van der Waals surface area contributed by atoms with Gasteiger partial charge >= 0.3 is 0 Å². The summed E-state index contributed by atoms with van der Waals surface area (Å²) in [7, 11) is 2.00. The fourth-order valence-electron chi connectivity index (χ4n) is 2.32. The summed E-state index contributed by atoms with van der Waals surface area (Å²) in [6, 6.07) is 6.01. The van der Waals surface area contributed by atoms with Gasteiger partial charge in [0.1, 0.15) is 0 Å². The quantitative estimate of drug-likeness (QED) is 0.877. The standard InChI is InChI=1S/C13H17Cl2NS/c1-16-13(12-4-2-3-7-17-12)10-8-9(14)5-6-11(10)15/h5-6,8,12-13,16H,2-4,7H2,1H3. The molecule has 1 heterocycles. The van der Waals surface area contributed by atoms with Crippen molar-refractivity contribution < 1.29 is 0 Å². The normalized spacial score (nSPS) is 22.4. The molecule has 0 aliphatic carbocycles. The average molecular weight is 290 g/mol. The SMILES string of the molecule is CNC(c1cc(Cl)ccc1Cl)C1CCCCS1. The van der Waals surface area contributed by atoms with Crippen molar-refractivity contribution in [2.75, 3.05) is 12.8 Å². The van der Waals surface area contributed by atoms with E-state index in [0.717, 1.165) is 15.6 Å². The summed E-state index contributed by atoms with van der Waals surface area (Å²) in [6.07, 6.45) is 3.90. The first-order valence-corrected chi connectivity index (χ1v) is 7.76. The third kappa shape index (κ3) is 3.31. The second kappa shape index (κ2) is 6.33. The minimum atomic E-state index is 0.298. The van der Waals surface area contributed by atoms with Crippen molar-refractivity contribution in [3.8, 4) is 0 Å². The van der Waals surface area contributed by atoms with E-state index in [1.165, 1.54) is 25.0 Å². The molecule has 1 N–H and O–H groups in total. The van der Waals surface area contributed by atoms with Crippen molar-refractivity contribution in [2.24, 2.45) is 0 Å². The highest BCUT2D eigenvalue weighted by molar-refractivity contribution is 8.00. The minimum absolute atomic E-state index is 0.298. The van der Waals surface area contributed by atoms with Gasteiger partial charge in [0.25, 0.3) is 0 Å². The molecule has 1 aromatic rings. The lowest BCUT2D eigenvalue weighted by molar-refractivity contribution is 0.516. The molecule has 0 amide bonds. The van der Waals surface area contributed by atoms with Crippen LogP contribution in [-0.2, 0) is 0 Å². The zero-order chi connectivity index (χ0) is 12.3. The zero-order valence-electron chi connectivity index (χ0n) is 9.88. The molecule has 94 valence electrons. The molecule has 0 saturated carbocycles. The van der Waals surface area contributed by atoms with Crippen LogP contribution in [0.2, 0.25) is 10.0 Å². The highest BCUT2D eigenvalue weighted by Crippen LogP contribution is 2.37. The number of thioether (sulfide) groups is 1. The van der Waals surface area contributed by atoms with E-state index in [1.807, 2.05) is 37.0 Å². The zero-order valence-corrected chi connectivity index (χ0v) is 12.2.